The first-order valence-electron chi connectivity index (χ1n) is 10.1. The monoisotopic (exact) mass is 452 g/mol. The van der Waals surface area contributed by atoms with E-state index in [-0.39, 0.29) is 34.8 Å². The van der Waals surface area contributed by atoms with Crippen LogP contribution < -0.4 is 19.6 Å². The van der Waals surface area contributed by atoms with Gasteiger partial charge in [0.05, 0.1) is 13.7 Å². The van der Waals surface area contributed by atoms with Crippen LogP contribution in [-0.4, -0.2) is 71.5 Å². The van der Waals surface area contributed by atoms with Crippen molar-refractivity contribution < 1.29 is 43.8 Å². The molecular formula is C22H28O10. The van der Waals surface area contributed by atoms with Gasteiger partial charge in [-0.1, -0.05) is 5.57 Å². The zero-order chi connectivity index (χ0) is 23.6. The summed E-state index contributed by atoms with van der Waals surface area (Å²) < 4.78 is 28.2. The van der Waals surface area contributed by atoms with E-state index in [1.807, 2.05) is 13.8 Å². The number of aliphatic hydroxyl groups excluding tert-OH is 4. The molecule has 4 N–H and O–H groups in total. The third-order valence-electron chi connectivity index (χ3n) is 5.04. The Hall–Kier alpha value is -2.63. The standard InChI is InChI=1S/C22H28O10/c1-10(2)5-6-29-20-14(28-4)8-13-16(12(24)7-11(3)30-13)21(20)32-22-19(27)18(26)17(25)15(9-23)31-22/h5,7-8,15,17-19,22-23,25-27H,6,9H2,1-4H3/t15-,17-,18+,19-,22+/m1/s1. The van der Waals surface area contributed by atoms with Gasteiger partial charge in [-0.15, -0.1) is 0 Å². The molecule has 1 fully saturated rings. The van der Waals surface area contributed by atoms with Gasteiger partial charge in [0, 0.05) is 12.1 Å². The Bertz CT molecular complexity index is 1040. The second-order valence-corrected chi connectivity index (χ2v) is 7.74. The zero-order valence-corrected chi connectivity index (χ0v) is 18.3. The minimum atomic E-state index is -1.68. The van der Waals surface area contributed by atoms with Crippen molar-refractivity contribution in [3.63, 3.8) is 0 Å². The number of hydrogen-bond acceptors (Lipinski definition) is 10. The van der Waals surface area contributed by atoms with Gasteiger partial charge in [0.25, 0.3) is 0 Å². The van der Waals surface area contributed by atoms with Crippen LogP contribution in [0, 0.1) is 6.92 Å². The summed E-state index contributed by atoms with van der Waals surface area (Å²) in [5, 5.41) is 40.0. The highest BCUT2D eigenvalue weighted by Gasteiger charge is 2.45. The molecule has 32 heavy (non-hydrogen) atoms. The molecule has 0 aliphatic carbocycles. The van der Waals surface area contributed by atoms with Crippen molar-refractivity contribution in [1.82, 2.24) is 0 Å². The predicted molar refractivity (Wildman–Crippen MR) is 113 cm³/mol. The smallest absolute Gasteiger partial charge is 0.229 e. The van der Waals surface area contributed by atoms with Crippen molar-refractivity contribution in [3.05, 3.63) is 39.8 Å². The zero-order valence-electron chi connectivity index (χ0n) is 18.3. The Morgan fingerprint density at radius 1 is 1.12 bits per heavy atom. The van der Waals surface area contributed by atoms with Crippen LogP contribution in [0.25, 0.3) is 11.0 Å². The Labute approximate surface area is 184 Å². The van der Waals surface area contributed by atoms with E-state index in [1.165, 1.54) is 19.2 Å². The van der Waals surface area contributed by atoms with Crippen molar-refractivity contribution in [2.24, 2.45) is 0 Å². The third kappa shape index (κ3) is 4.74. The molecule has 0 unspecified atom stereocenters. The predicted octanol–water partition coefficient (Wildman–Crippen LogP) is 0.634. The molecule has 176 valence electrons. The number of ether oxygens (including phenoxy) is 4. The second kappa shape index (κ2) is 9.88. The maximum atomic E-state index is 12.8. The van der Waals surface area contributed by atoms with Gasteiger partial charge in [0.15, 0.2) is 16.9 Å². The molecule has 0 spiro atoms. The third-order valence-corrected chi connectivity index (χ3v) is 5.04. The first-order chi connectivity index (χ1) is 15.2. The molecule has 1 aliphatic rings. The minimum Gasteiger partial charge on any atom is -0.493 e. The van der Waals surface area contributed by atoms with Gasteiger partial charge < -0.3 is 43.8 Å². The lowest BCUT2D eigenvalue weighted by molar-refractivity contribution is -0.277. The average Bonchev–Trinajstić information content (AvgIpc) is 2.74. The molecule has 1 aromatic heterocycles. The van der Waals surface area contributed by atoms with Crippen molar-refractivity contribution in [2.75, 3.05) is 20.3 Å². The van der Waals surface area contributed by atoms with Crippen LogP contribution in [0.15, 0.2) is 33.0 Å². The molecule has 1 saturated heterocycles. The molecule has 2 aromatic rings. The van der Waals surface area contributed by atoms with Crippen LogP contribution in [0.5, 0.6) is 17.2 Å². The maximum absolute atomic E-state index is 12.8. The Kier molecular flexibility index (Phi) is 7.42. The lowest BCUT2D eigenvalue weighted by atomic mass is 9.99. The number of aryl methyl sites for hydroxylation is 1. The molecule has 0 amide bonds. The summed E-state index contributed by atoms with van der Waals surface area (Å²) in [6.07, 6.45) is -5.82. The second-order valence-electron chi connectivity index (χ2n) is 7.74. The fourth-order valence-electron chi connectivity index (χ4n) is 3.34. The highest BCUT2D eigenvalue weighted by Crippen LogP contribution is 2.44. The summed E-state index contributed by atoms with van der Waals surface area (Å²) in [7, 11) is 1.40. The SMILES string of the molecule is COc1cc2oc(C)cc(=O)c2c(O[C@@H]2O[C@H](CO)[C@@H](O)[C@H](O)[C@H]2O)c1OCC=C(C)C. The summed E-state index contributed by atoms with van der Waals surface area (Å²) in [6, 6.07) is 2.76. The molecule has 10 nitrogen and oxygen atoms in total. The Morgan fingerprint density at radius 2 is 1.84 bits per heavy atom. The number of rotatable bonds is 7. The average molecular weight is 452 g/mol. The van der Waals surface area contributed by atoms with Gasteiger partial charge in [-0.2, -0.15) is 0 Å². The van der Waals surface area contributed by atoms with Gasteiger partial charge in [-0.05, 0) is 26.8 Å². The van der Waals surface area contributed by atoms with E-state index in [0.717, 1.165) is 5.57 Å². The van der Waals surface area contributed by atoms with Crippen molar-refractivity contribution >= 4 is 11.0 Å². The van der Waals surface area contributed by atoms with E-state index in [4.69, 9.17) is 23.4 Å². The summed E-state index contributed by atoms with van der Waals surface area (Å²) in [5.74, 6) is 0.500. The molecule has 1 aromatic carbocycles. The lowest BCUT2D eigenvalue weighted by Crippen LogP contribution is -2.60. The van der Waals surface area contributed by atoms with Crippen LogP contribution >= 0.6 is 0 Å². The van der Waals surface area contributed by atoms with Crippen LogP contribution in [0.3, 0.4) is 0 Å². The summed E-state index contributed by atoms with van der Waals surface area (Å²) >= 11 is 0. The van der Waals surface area contributed by atoms with E-state index in [0.29, 0.717) is 5.76 Å². The minimum absolute atomic E-state index is 0.0144. The van der Waals surface area contributed by atoms with Gasteiger partial charge in [-0.25, -0.2) is 0 Å². The highest BCUT2D eigenvalue weighted by atomic mass is 16.7. The van der Waals surface area contributed by atoms with E-state index in [2.05, 4.69) is 0 Å². The van der Waals surface area contributed by atoms with E-state index < -0.39 is 42.7 Å². The van der Waals surface area contributed by atoms with Gasteiger partial charge >= 0.3 is 0 Å². The number of hydrogen-bond donors (Lipinski definition) is 4. The largest absolute Gasteiger partial charge is 0.493 e. The quantitative estimate of drug-likeness (QED) is 0.441. The summed E-state index contributed by atoms with van der Waals surface area (Å²) in [5.41, 5.74) is 0.718. The topological polar surface area (TPSA) is 148 Å². The Morgan fingerprint density at radius 3 is 2.47 bits per heavy atom. The normalized spacial score (nSPS) is 25.4. The molecular weight excluding hydrogens is 424 g/mol. The Balaban J connectivity index is 2.15. The van der Waals surface area contributed by atoms with E-state index in [9.17, 15) is 25.2 Å². The fraction of sp³-hybridized carbons (Fsp3) is 0.500. The molecule has 1 aliphatic heterocycles. The molecule has 0 bridgehead atoms. The van der Waals surface area contributed by atoms with Crippen LogP contribution in [-0.2, 0) is 4.74 Å². The number of aliphatic hydroxyl groups is 4. The first kappa shape index (κ1) is 24.0. The fourth-order valence-corrected chi connectivity index (χ4v) is 3.34. The molecule has 0 saturated carbocycles. The van der Waals surface area contributed by atoms with Crippen molar-refractivity contribution in [1.29, 1.82) is 0 Å². The molecule has 5 atom stereocenters. The number of fused-ring (bicyclic) bond motifs is 1. The van der Waals surface area contributed by atoms with Gasteiger partial charge in [0.2, 0.25) is 12.0 Å². The molecule has 3 rings (SSSR count). The van der Waals surface area contributed by atoms with Crippen molar-refractivity contribution in [2.45, 2.75) is 51.5 Å². The number of benzene rings is 1. The van der Waals surface area contributed by atoms with E-state index >= 15 is 0 Å². The number of methoxy groups -OCH3 is 1. The summed E-state index contributed by atoms with van der Waals surface area (Å²) in [6.45, 7) is 4.90. The highest BCUT2D eigenvalue weighted by molar-refractivity contribution is 5.89. The van der Waals surface area contributed by atoms with Gasteiger partial charge in [-0.3, -0.25) is 4.79 Å². The van der Waals surface area contributed by atoms with Crippen molar-refractivity contribution in [3.8, 4) is 17.2 Å². The number of allylic oxidation sites excluding steroid dienone is 1. The molecule has 2 heterocycles. The first-order valence-corrected chi connectivity index (χ1v) is 10.1. The van der Waals surface area contributed by atoms with Crippen LogP contribution in [0.1, 0.15) is 19.6 Å². The summed E-state index contributed by atoms with van der Waals surface area (Å²) in [4.78, 5) is 12.8. The van der Waals surface area contributed by atoms with E-state index in [1.54, 1.807) is 13.0 Å². The molecule has 0 radical (unpaired) electrons. The van der Waals surface area contributed by atoms with Gasteiger partial charge in [0.1, 0.15) is 47.8 Å². The van der Waals surface area contributed by atoms with Crippen LogP contribution in [0.2, 0.25) is 0 Å². The maximum Gasteiger partial charge on any atom is 0.229 e. The van der Waals surface area contributed by atoms with Crippen LogP contribution in [0.4, 0.5) is 0 Å². The molecule has 10 heteroatoms. The lowest BCUT2D eigenvalue weighted by Gasteiger charge is -2.39.